The van der Waals surface area contributed by atoms with Crippen LogP contribution in [0.15, 0.2) is 24.3 Å². The quantitative estimate of drug-likeness (QED) is 0.595. The number of carboxylic acids is 1. The molecule has 0 heterocycles. The van der Waals surface area contributed by atoms with E-state index in [2.05, 4.69) is 5.32 Å². The maximum absolute atomic E-state index is 11.9. The second-order valence-electron chi connectivity index (χ2n) is 5.14. The van der Waals surface area contributed by atoms with E-state index in [1.165, 1.54) is 12.1 Å². The molecule has 6 nitrogen and oxygen atoms in total. The molecule has 20 heavy (non-hydrogen) atoms. The molecule has 1 aromatic rings. The van der Waals surface area contributed by atoms with Gasteiger partial charge in [-0.15, -0.1) is 0 Å². The van der Waals surface area contributed by atoms with Gasteiger partial charge in [0.1, 0.15) is 11.8 Å². The summed E-state index contributed by atoms with van der Waals surface area (Å²) in [6, 6.07) is 4.75. The summed E-state index contributed by atoms with van der Waals surface area (Å²) >= 11 is 0. The predicted octanol–water partition coefficient (Wildman–Crippen LogP) is 0.241. The third-order valence-corrected chi connectivity index (χ3v) is 3.39. The lowest BCUT2D eigenvalue weighted by Crippen LogP contribution is -2.50. The number of carboxylic acid groups (broad SMARTS) is 1. The molecule has 1 fully saturated rings. The zero-order valence-corrected chi connectivity index (χ0v) is 11.0. The second kappa shape index (κ2) is 5.92. The van der Waals surface area contributed by atoms with Gasteiger partial charge in [0.2, 0.25) is 5.91 Å². The number of aromatic hydroxyl groups is 1. The van der Waals surface area contributed by atoms with Gasteiger partial charge in [-0.05, 0) is 42.9 Å². The molecular formula is C14H18N2O4. The molecule has 1 aliphatic rings. The van der Waals surface area contributed by atoms with Crippen molar-refractivity contribution in [2.45, 2.75) is 31.3 Å². The minimum Gasteiger partial charge on any atom is -0.508 e. The van der Waals surface area contributed by atoms with E-state index in [0.29, 0.717) is 6.42 Å². The summed E-state index contributed by atoms with van der Waals surface area (Å²) in [6.45, 7) is 0. The molecule has 108 valence electrons. The first-order valence-corrected chi connectivity index (χ1v) is 6.54. The van der Waals surface area contributed by atoms with Gasteiger partial charge in [0.25, 0.3) is 0 Å². The van der Waals surface area contributed by atoms with E-state index in [4.69, 9.17) is 10.8 Å². The Morgan fingerprint density at radius 1 is 1.30 bits per heavy atom. The van der Waals surface area contributed by atoms with Crippen LogP contribution in [0.25, 0.3) is 0 Å². The van der Waals surface area contributed by atoms with Gasteiger partial charge in [-0.2, -0.15) is 0 Å². The number of phenolic OH excluding ortho intramolecular Hbond substituents is 1. The summed E-state index contributed by atoms with van der Waals surface area (Å²) in [7, 11) is 0. The number of carbonyl (C=O) groups is 2. The van der Waals surface area contributed by atoms with Crippen LogP contribution >= 0.6 is 0 Å². The lowest BCUT2D eigenvalue weighted by molar-refractivity contribution is -0.142. The van der Waals surface area contributed by atoms with Gasteiger partial charge in [0, 0.05) is 0 Å². The summed E-state index contributed by atoms with van der Waals surface area (Å²) in [5, 5.41) is 20.7. The van der Waals surface area contributed by atoms with Crippen LogP contribution in [0.4, 0.5) is 0 Å². The topological polar surface area (TPSA) is 113 Å². The highest BCUT2D eigenvalue weighted by molar-refractivity contribution is 5.87. The zero-order valence-electron chi connectivity index (χ0n) is 11.0. The number of carbonyl (C=O) groups excluding carboxylic acids is 1. The van der Waals surface area contributed by atoms with Gasteiger partial charge in [-0.3, -0.25) is 4.79 Å². The van der Waals surface area contributed by atoms with Crippen molar-refractivity contribution in [1.82, 2.24) is 5.32 Å². The van der Waals surface area contributed by atoms with Crippen molar-refractivity contribution < 1.29 is 19.8 Å². The van der Waals surface area contributed by atoms with Crippen LogP contribution < -0.4 is 11.1 Å². The molecule has 1 unspecified atom stereocenters. The van der Waals surface area contributed by atoms with Crippen molar-refractivity contribution in [3.63, 3.8) is 0 Å². The van der Waals surface area contributed by atoms with Crippen LogP contribution in [0.1, 0.15) is 18.4 Å². The number of aliphatic carboxylic acids is 1. The summed E-state index contributed by atoms with van der Waals surface area (Å²) in [6.07, 6.45) is 1.94. The highest BCUT2D eigenvalue weighted by Gasteiger charge is 2.37. The first kappa shape index (κ1) is 14.3. The first-order valence-electron chi connectivity index (χ1n) is 6.54. The highest BCUT2D eigenvalue weighted by Crippen LogP contribution is 2.32. The van der Waals surface area contributed by atoms with Crippen molar-refractivity contribution in [1.29, 1.82) is 0 Å². The van der Waals surface area contributed by atoms with Gasteiger partial charge in [0.15, 0.2) is 0 Å². The van der Waals surface area contributed by atoms with E-state index in [-0.39, 0.29) is 11.7 Å². The number of hydrogen-bond acceptors (Lipinski definition) is 4. The van der Waals surface area contributed by atoms with Gasteiger partial charge in [0.05, 0.1) is 6.04 Å². The third kappa shape index (κ3) is 3.71. The molecule has 2 rings (SSSR count). The molecule has 0 saturated heterocycles. The second-order valence-corrected chi connectivity index (χ2v) is 5.14. The maximum Gasteiger partial charge on any atom is 0.326 e. The fourth-order valence-electron chi connectivity index (χ4n) is 2.05. The third-order valence-electron chi connectivity index (χ3n) is 3.39. The first-order chi connectivity index (χ1) is 9.47. The van der Waals surface area contributed by atoms with Crippen LogP contribution in [0.5, 0.6) is 5.75 Å². The van der Waals surface area contributed by atoms with E-state index < -0.39 is 24.0 Å². The monoisotopic (exact) mass is 278 g/mol. The molecule has 1 aromatic carbocycles. The molecule has 2 atom stereocenters. The molecule has 0 bridgehead atoms. The van der Waals surface area contributed by atoms with E-state index in [9.17, 15) is 14.7 Å². The smallest absolute Gasteiger partial charge is 0.326 e. The van der Waals surface area contributed by atoms with E-state index in [0.717, 1.165) is 18.4 Å². The summed E-state index contributed by atoms with van der Waals surface area (Å²) < 4.78 is 0. The van der Waals surface area contributed by atoms with Crippen molar-refractivity contribution >= 4 is 11.9 Å². The Bertz CT molecular complexity index is 496. The van der Waals surface area contributed by atoms with Gasteiger partial charge in [-0.25, -0.2) is 4.79 Å². The van der Waals surface area contributed by atoms with Crippen molar-refractivity contribution in [2.75, 3.05) is 0 Å². The molecule has 0 aliphatic heterocycles. The Morgan fingerprint density at radius 2 is 1.90 bits per heavy atom. The lowest BCUT2D eigenvalue weighted by Gasteiger charge is -2.17. The molecule has 0 aromatic heterocycles. The largest absolute Gasteiger partial charge is 0.508 e. The Hall–Kier alpha value is -2.08. The number of phenols is 1. The normalized spacial score (nSPS) is 17.2. The SMILES string of the molecule is N[C@@H](Cc1ccc(O)cc1)C(=O)NC(C(=O)O)C1CC1. The van der Waals surface area contributed by atoms with E-state index in [1.54, 1.807) is 12.1 Å². The number of amides is 1. The number of nitrogens with two attached hydrogens (primary N) is 1. The number of rotatable bonds is 6. The molecule has 1 aliphatic carbocycles. The molecular weight excluding hydrogens is 260 g/mol. The van der Waals surface area contributed by atoms with Crippen molar-refractivity contribution in [3.8, 4) is 5.75 Å². The van der Waals surface area contributed by atoms with Crippen LogP contribution in [0.2, 0.25) is 0 Å². The van der Waals surface area contributed by atoms with Gasteiger partial charge >= 0.3 is 5.97 Å². The average molecular weight is 278 g/mol. The molecule has 5 N–H and O–H groups in total. The van der Waals surface area contributed by atoms with E-state index >= 15 is 0 Å². The van der Waals surface area contributed by atoms with Crippen LogP contribution in [-0.4, -0.2) is 34.2 Å². The summed E-state index contributed by atoms with van der Waals surface area (Å²) in [5.74, 6) is -1.31. The Morgan fingerprint density at radius 3 is 2.40 bits per heavy atom. The number of nitrogens with one attached hydrogen (secondary N) is 1. The van der Waals surface area contributed by atoms with Gasteiger partial charge < -0.3 is 21.3 Å². The molecule has 0 spiro atoms. The molecule has 1 amide bonds. The minimum absolute atomic E-state index is 0.0253. The fourth-order valence-corrected chi connectivity index (χ4v) is 2.05. The summed E-state index contributed by atoms with van der Waals surface area (Å²) in [5.41, 5.74) is 6.60. The zero-order chi connectivity index (χ0) is 14.7. The average Bonchev–Trinajstić information content (AvgIpc) is 3.22. The van der Waals surface area contributed by atoms with E-state index in [1.807, 2.05) is 0 Å². The number of hydrogen-bond donors (Lipinski definition) is 4. The maximum atomic E-state index is 11.9. The highest BCUT2D eigenvalue weighted by atomic mass is 16.4. The Kier molecular flexibility index (Phi) is 4.24. The Balaban J connectivity index is 1.91. The van der Waals surface area contributed by atoms with Crippen LogP contribution in [-0.2, 0) is 16.0 Å². The number of benzene rings is 1. The predicted molar refractivity (Wildman–Crippen MR) is 72.1 cm³/mol. The van der Waals surface area contributed by atoms with Gasteiger partial charge in [-0.1, -0.05) is 12.1 Å². The standard InChI is InChI=1S/C14H18N2O4/c15-11(7-8-1-5-10(17)6-2-8)13(18)16-12(14(19)20)9-3-4-9/h1-2,5-6,9,11-12,17H,3-4,7,15H2,(H,16,18)(H,19,20)/t11-,12?/m0/s1. The molecule has 6 heteroatoms. The van der Waals surface area contributed by atoms with Crippen molar-refractivity contribution in [2.24, 2.45) is 11.7 Å². The van der Waals surface area contributed by atoms with Crippen molar-refractivity contribution in [3.05, 3.63) is 29.8 Å². The lowest BCUT2D eigenvalue weighted by atomic mass is 10.0. The Labute approximate surface area is 116 Å². The minimum atomic E-state index is -1.02. The summed E-state index contributed by atoms with van der Waals surface area (Å²) in [4.78, 5) is 23.0. The van der Waals surface area contributed by atoms with Crippen LogP contribution in [0.3, 0.4) is 0 Å². The fraction of sp³-hybridized carbons (Fsp3) is 0.429. The molecule has 0 radical (unpaired) electrons. The molecule has 1 saturated carbocycles. The van der Waals surface area contributed by atoms with Crippen LogP contribution in [0, 0.1) is 5.92 Å².